The van der Waals surface area contributed by atoms with Crippen LogP contribution in [-0.2, 0) is 24.3 Å². The fraction of sp³-hybridized carbons (Fsp3) is 0.385. The molecule has 3 unspecified atom stereocenters. The number of aliphatic hydroxyl groups is 1. The van der Waals surface area contributed by atoms with Gasteiger partial charge in [-0.3, -0.25) is 9.59 Å². The minimum absolute atomic E-state index is 0.0680. The molecule has 7 nitrogen and oxygen atoms in total. The largest absolute Gasteiger partial charge is 0.450 e. The molecular weight excluding hydrogens is 298 g/mol. The van der Waals surface area contributed by atoms with Gasteiger partial charge in [-0.2, -0.15) is 0 Å². The fourth-order valence-electron chi connectivity index (χ4n) is 2.01. The summed E-state index contributed by atoms with van der Waals surface area (Å²) in [6.45, 7) is 1.54. The molecule has 0 amide bonds. The molecule has 0 saturated heterocycles. The van der Waals surface area contributed by atoms with Crippen LogP contribution in [0.1, 0.15) is 13.3 Å². The Bertz CT molecular complexity index is 675. The van der Waals surface area contributed by atoms with Crippen LogP contribution in [0.5, 0.6) is 0 Å². The highest BCUT2D eigenvalue weighted by atomic mass is 32.2. The summed E-state index contributed by atoms with van der Waals surface area (Å²) in [4.78, 5) is 23.5. The zero-order valence-electron chi connectivity index (χ0n) is 11.2. The molecule has 0 heterocycles. The van der Waals surface area contributed by atoms with Crippen LogP contribution in [0.4, 0.5) is 0 Å². The number of hydrogen-bond donors (Lipinski definition) is 2. The maximum absolute atomic E-state index is 12.1. The van der Waals surface area contributed by atoms with E-state index >= 15 is 0 Å². The van der Waals surface area contributed by atoms with Gasteiger partial charge in [0.2, 0.25) is 10.0 Å². The zero-order valence-corrected chi connectivity index (χ0v) is 12.0. The van der Waals surface area contributed by atoms with Crippen LogP contribution in [0.3, 0.4) is 0 Å². The van der Waals surface area contributed by atoms with Crippen molar-refractivity contribution in [3.8, 4) is 0 Å². The number of primary sulfonamides is 1. The predicted molar refractivity (Wildman–Crippen MR) is 73.1 cm³/mol. The van der Waals surface area contributed by atoms with Gasteiger partial charge in [-0.1, -0.05) is 12.2 Å². The van der Waals surface area contributed by atoms with Crippen LogP contribution >= 0.6 is 0 Å². The topological polar surface area (TPSA) is 124 Å². The summed E-state index contributed by atoms with van der Waals surface area (Å²) in [5, 5.41) is 14.5. The van der Waals surface area contributed by atoms with Crippen LogP contribution < -0.4 is 5.14 Å². The van der Waals surface area contributed by atoms with E-state index in [1.54, 1.807) is 6.92 Å². The lowest BCUT2D eigenvalue weighted by Crippen LogP contribution is -2.38. The molecule has 0 radical (unpaired) electrons. The number of ether oxygens (including phenoxy) is 1. The molecule has 0 bridgehead atoms. The Morgan fingerprint density at radius 2 is 2.14 bits per heavy atom. The third-order valence-corrected chi connectivity index (χ3v) is 4.38. The Morgan fingerprint density at radius 3 is 2.57 bits per heavy atom. The Hall–Kier alpha value is -1.77. The number of rotatable bonds is 3. The van der Waals surface area contributed by atoms with Gasteiger partial charge in [0.1, 0.15) is 6.10 Å². The second-order valence-corrected chi connectivity index (χ2v) is 6.75. The third-order valence-electron chi connectivity index (χ3n) is 3.42. The number of ketones is 1. The number of nitrogens with two attached hydrogens (primary N) is 1. The Balaban J connectivity index is 2.10. The molecule has 0 saturated carbocycles. The lowest BCUT2D eigenvalue weighted by Gasteiger charge is -2.27. The third kappa shape index (κ3) is 3.12. The molecule has 114 valence electrons. The molecule has 0 aromatic carbocycles. The fourth-order valence-corrected chi connectivity index (χ4v) is 2.59. The van der Waals surface area contributed by atoms with E-state index in [2.05, 4.69) is 0 Å². The highest BCUT2D eigenvalue weighted by molar-refractivity contribution is 7.93. The first kappa shape index (κ1) is 15.6. The Labute approximate surface area is 121 Å². The maximum atomic E-state index is 12.1. The summed E-state index contributed by atoms with van der Waals surface area (Å²) in [5.74, 6) is -1.20. The van der Waals surface area contributed by atoms with Crippen molar-refractivity contribution in [2.75, 3.05) is 0 Å². The van der Waals surface area contributed by atoms with E-state index in [0.717, 1.165) is 6.08 Å². The van der Waals surface area contributed by atoms with Crippen molar-refractivity contribution < 1.29 is 27.9 Å². The van der Waals surface area contributed by atoms with E-state index in [-0.39, 0.29) is 11.3 Å². The molecule has 3 atom stereocenters. The van der Waals surface area contributed by atoms with Crippen LogP contribution in [-0.4, -0.2) is 37.5 Å². The van der Waals surface area contributed by atoms with Gasteiger partial charge in [-0.15, -0.1) is 0 Å². The summed E-state index contributed by atoms with van der Waals surface area (Å²) < 4.78 is 27.4. The van der Waals surface area contributed by atoms with Gasteiger partial charge in [-0.05, 0) is 31.6 Å². The van der Waals surface area contributed by atoms with Gasteiger partial charge in [0.15, 0.2) is 11.9 Å². The van der Waals surface area contributed by atoms with Crippen molar-refractivity contribution in [2.24, 2.45) is 10.6 Å². The Morgan fingerprint density at radius 1 is 1.48 bits per heavy atom. The minimum Gasteiger partial charge on any atom is -0.450 e. The smallest absolute Gasteiger partial charge is 0.316 e. The average Bonchev–Trinajstić information content (AvgIpc) is 2.70. The molecular formula is C13H15NO6S. The molecule has 0 aliphatic heterocycles. The molecule has 0 spiro atoms. The number of carbonyl (C=O) groups excluding carboxylic acids is 2. The monoisotopic (exact) mass is 313 g/mol. The van der Waals surface area contributed by atoms with Crippen molar-refractivity contribution in [3.05, 3.63) is 35.3 Å². The van der Waals surface area contributed by atoms with Gasteiger partial charge in [0, 0.05) is 0 Å². The minimum atomic E-state index is -3.82. The zero-order chi connectivity index (χ0) is 15.8. The van der Waals surface area contributed by atoms with Crippen molar-refractivity contribution in [1.29, 1.82) is 0 Å². The molecule has 2 aliphatic rings. The molecule has 21 heavy (non-hydrogen) atoms. The molecule has 2 aliphatic carbocycles. The van der Waals surface area contributed by atoms with E-state index in [0.29, 0.717) is 0 Å². The number of carbonyl (C=O) groups is 2. The van der Waals surface area contributed by atoms with Gasteiger partial charge in [0.25, 0.3) is 0 Å². The predicted octanol–water partition coefficient (Wildman–Crippen LogP) is -0.463. The van der Waals surface area contributed by atoms with Gasteiger partial charge in [-0.25, -0.2) is 13.6 Å². The average molecular weight is 313 g/mol. The summed E-state index contributed by atoms with van der Waals surface area (Å²) in [7, 11) is -3.82. The van der Waals surface area contributed by atoms with Crippen molar-refractivity contribution in [3.63, 3.8) is 0 Å². The first-order valence-electron chi connectivity index (χ1n) is 6.17. The molecule has 3 N–H and O–H groups in total. The van der Waals surface area contributed by atoms with E-state index in [9.17, 15) is 23.1 Å². The normalized spacial score (nSPS) is 32.1. The quantitative estimate of drug-likeness (QED) is 0.679. The van der Waals surface area contributed by atoms with E-state index in [4.69, 9.17) is 9.88 Å². The van der Waals surface area contributed by atoms with Crippen molar-refractivity contribution >= 4 is 21.8 Å². The van der Waals surface area contributed by atoms with Crippen molar-refractivity contribution in [2.45, 2.75) is 25.6 Å². The lowest BCUT2D eigenvalue weighted by atomic mass is 9.84. The standard InChI is InChI=1S/C13H15NO6S/c1-13(6-4-8(5-7-13)21(14,18)19)12(17)20-11-9(15)2-3-10(11)16/h2-6,9,11,15H,7H2,1H3,(H2,14,18,19). The number of sulfonamides is 1. The first-order valence-corrected chi connectivity index (χ1v) is 7.71. The molecule has 8 heteroatoms. The highest BCUT2D eigenvalue weighted by Crippen LogP contribution is 2.32. The number of hydrogen-bond acceptors (Lipinski definition) is 6. The molecule has 0 aromatic heterocycles. The van der Waals surface area contributed by atoms with Gasteiger partial charge >= 0.3 is 5.97 Å². The second kappa shape index (κ2) is 5.21. The molecule has 2 rings (SSSR count). The maximum Gasteiger partial charge on any atom is 0.316 e. The van der Waals surface area contributed by atoms with Crippen LogP contribution in [0.25, 0.3) is 0 Å². The lowest BCUT2D eigenvalue weighted by molar-refractivity contribution is -0.164. The highest BCUT2D eigenvalue weighted by Gasteiger charge is 2.39. The van der Waals surface area contributed by atoms with Crippen LogP contribution in [0.15, 0.2) is 35.3 Å². The van der Waals surface area contributed by atoms with Crippen LogP contribution in [0.2, 0.25) is 0 Å². The second-order valence-electron chi connectivity index (χ2n) is 5.18. The van der Waals surface area contributed by atoms with E-state index in [1.165, 1.54) is 24.3 Å². The summed E-state index contributed by atoms with van der Waals surface area (Å²) in [6.07, 6.45) is 3.98. The first-order chi connectivity index (χ1) is 9.63. The van der Waals surface area contributed by atoms with Crippen LogP contribution in [0, 0.1) is 5.41 Å². The number of aliphatic hydroxyl groups excluding tert-OH is 1. The Kier molecular flexibility index (Phi) is 3.87. The number of allylic oxidation sites excluding steroid dienone is 2. The summed E-state index contributed by atoms with van der Waals surface area (Å²) in [5.41, 5.74) is -1.11. The summed E-state index contributed by atoms with van der Waals surface area (Å²) in [6, 6.07) is 0. The van der Waals surface area contributed by atoms with Gasteiger partial charge in [0.05, 0.1) is 10.3 Å². The van der Waals surface area contributed by atoms with E-state index < -0.39 is 39.4 Å². The summed E-state index contributed by atoms with van der Waals surface area (Å²) >= 11 is 0. The van der Waals surface area contributed by atoms with E-state index in [1.807, 2.05) is 0 Å². The van der Waals surface area contributed by atoms with Gasteiger partial charge < -0.3 is 9.84 Å². The molecule has 0 aromatic rings. The van der Waals surface area contributed by atoms with Crippen molar-refractivity contribution in [1.82, 2.24) is 0 Å². The molecule has 0 fully saturated rings. The SMILES string of the molecule is CC1(C(=O)OC2C(=O)C=CC2O)C=CC(S(N)(=O)=O)=CC1. The number of esters is 1.